The van der Waals surface area contributed by atoms with E-state index in [1.165, 1.54) is 0 Å². The summed E-state index contributed by atoms with van der Waals surface area (Å²) in [6, 6.07) is 4.06. The van der Waals surface area contributed by atoms with Crippen LogP contribution in [0.5, 0.6) is 0 Å². The maximum absolute atomic E-state index is 8.76. The van der Waals surface area contributed by atoms with Gasteiger partial charge in [0.1, 0.15) is 11.9 Å². The van der Waals surface area contributed by atoms with Gasteiger partial charge in [0, 0.05) is 30.5 Å². The molecule has 1 aromatic heterocycles. The number of rotatable bonds is 0. The molecular formula is C10H8N4. The van der Waals surface area contributed by atoms with Gasteiger partial charge in [-0.2, -0.15) is 5.26 Å². The average Bonchev–Trinajstić information content (AvgIpc) is 2.77. The van der Waals surface area contributed by atoms with Crippen LogP contribution >= 0.6 is 0 Å². The van der Waals surface area contributed by atoms with E-state index >= 15 is 0 Å². The lowest BCUT2D eigenvalue weighted by molar-refractivity contribution is 0.440. The lowest BCUT2D eigenvalue weighted by Crippen LogP contribution is -2.23. The van der Waals surface area contributed by atoms with Crippen molar-refractivity contribution in [3.63, 3.8) is 0 Å². The zero-order valence-corrected chi connectivity index (χ0v) is 7.44. The molecule has 0 aromatic carbocycles. The van der Waals surface area contributed by atoms with Crippen molar-refractivity contribution in [1.82, 2.24) is 14.8 Å². The third kappa shape index (κ3) is 0.866. The zero-order chi connectivity index (χ0) is 9.54. The van der Waals surface area contributed by atoms with Crippen LogP contribution in [-0.2, 0) is 6.54 Å². The molecule has 0 saturated carbocycles. The monoisotopic (exact) mass is 184 g/mol. The minimum Gasteiger partial charge on any atom is -0.345 e. The third-order valence-electron chi connectivity index (χ3n) is 2.45. The van der Waals surface area contributed by atoms with Crippen LogP contribution in [0.2, 0.25) is 0 Å². The highest BCUT2D eigenvalue weighted by Gasteiger charge is 2.19. The summed E-state index contributed by atoms with van der Waals surface area (Å²) in [5.74, 6) is 1.05. The number of aromatic nitrogens is 1. The molecule has 0 amide bonds. The highest BCUT2D eigenvalue weighted by atomic mass is 15.3. The van der Waals surface area contributed by atoms with E-state index < -0.39 is 0 Å². The molecule has 0 atom stereocenters. The Balaban J connectivity index is 2.09. The van der Waals surface area contributed by atoms with Crippen molar-refractivity contribution in [2.24, 2.45) is 0 Å². The van der Waals surface area contributed by atoms with E-state index in [1.807, 2.05) is 35.4 Å². The van der Waals surface area contributed by atoms with Gasteiger partial charge < -0.3 is 14.8 Å². The van der Waals surface area contributed by atoms with Gasteiger partial charge in [0.05, 0.1) is 12.1 Å². The SMILES string of the molecule is N#Cc1cc2n(c1)C=C1NC=CN1C2. The Morgan fingerprint density at radius 3 is 3.29 bits per heavy atom. The van der Waals surface area contributed by atoms with E-state index in [4.69, 9.17) is 5.26 Å². The molecular weight excluding hydrogens is 176 g/mol. The molecule has 3 rings (SSSR count). The summed E-state index contributed by atoms with van der Waals surface area (Å²) >= 11 is 0. The van der Waals surface area contributed by atoms with Crippen molar-refractivity contribution < 1.29 is 0 Å². The second-order valence-corrected chi connectivity index (χ2v) is 3.34. The van der Waals surface area contributed by atoms with Crippen LogP contribution in [0.25, 0.3) is 6.20 Å². The Morgan fingerprint density at radius 1 is 1.50 bits per heavy atom. The van der Waals surface area contributed by atoms with Crippen molar-refractivity contribution in [2.75, 3.05) is 0 Å². The second kappa shape index (κ2) is 2.42. The lowest BCUT2D eigenvalue weighted by atomic mass is 10.3. The van der Waals surface area contributed by atoms with Crippen LogP contribution in [0.3, 0.4) is 0 Å². The van der Waals surface area contributed by atoms with Gasteiger partial charge in [0.25, 0.3) is 0 Å². The summed E-state index contributed by atoms with van der Waals surface area (Å²) in [6.45, 7) is 0.816. The summed E-state index contributed by atoms with van der Waals surface area (Å²) in [5.41, 5.74) is 1.85. The van der Waals surface area contributed by atoms with E-state index in [-0.39, 0.29) is 0 Å². The Bertz CT molecular complexity index is 487. The van der Waals surface area contributed by atoms with E-state index in [0.717, 1.165) is 18.1 Å². The van der Waals surface area contributed by atoms with Crippen LogP contribution in [0.4, 0.5) is 0 Å². The molecule has 0 aliphatic carbocycles. The van der Waals surface area contributed by atoms with E-state index in [1.54, 1.807) is 0 Å². The molecule has 1 aromatic rings. The fourth-order valence-electron chi connectivity index (χ4n) is 1.76. The largest absolute Gasteiger partial charge is 0.345 e. The van der Waals surface area contributed by atoms with Crippen LogP contribution in [-0.4, -0.2) is 9.47 Å². The number of hydrogen-bond donors (Lipinski definition) is 1. The first-order valence-electron chi connectivity index (χ1n) is 4.39. The first kappa shape index (κ1) is 7.27. The molecule has 0 spiro atoms. The molecule has 0 fully saturated rings. The van der Waals surface area contributed by atoms with E-state index in [2.05, 4.69) is 16.3 Å². The molecule has 0 radical (unpaired) electrons. The van der Waals surface area contributed by atoms with Crippen molar-refractivity contribution in [2.45, 2.75) is 6.54 Å². The quantitative estimate of drug-likeness (QED) is 0.654. The molecule has 1 N–H and O–H groups in total. The summed E-state index contributed by atoms with van der Waals surface area (Å²) in [5, 5.41) is 11.9. The van der Waals surface area contributed by atoms with Gasteiger partial charge in [-0.15, -0.1) is 0 Å². The van der Waals surface area contributed by atoms with Gasteiger partial charge in [0.15, 0.2) is 0 Å². The summed E-state index contributed by atoms with van der Waals surface area (Å²) in [7, 11) is 0. The normalized spacial score (nSPS) is 16.8. The van der Waals surface area contributed by atoms with Crippen LogP contribution < -0.4 is 5.32 Å². The van der Waals surface area contributed by atoms with Gasteiger partial charge in [-0.3, -0.25) is 0 Å². The first-order chi connectivity index (χ1) is 6.86. The third-order valence-corrected chi connectivity index (χ3v) is 2.45. The van der Waals surface area contributed by atoms with Crippen LogP contribution in [0, 0.1) is 11.3 Å². The van der Waals surface area contributed by atoms with Gasteiger partial charge in [0.2, 0.25) is 0 Å². The number of hydrogen-bond acceptors (Lipinski definition) is 3. The fourth-order valence-corrected chi connectivity index (χ4v) is 1.76. The average molecular weight is 184 g/mol. The Morgan fingerprint density at radius 2 is 2.43 bits per heavy atom. The topological polar surface area (TPSA) is 44.0 Å². The molecule has 68 valence electrons. The predicted octanol–water partition coefficient (Wildman–Crippen LogP) is 1.01. The fraction of sp³-hybridized carbons (Fsp3) is 0.100. The Hall–Kier alpha value is -2.15. The predicted molar refractivity (Wildman–Crippen MR) is 51.2 cm³/mol. The molecule has 0 saturated heterocycles. The molecule has 3 heterocycles. The maximum atomic E-state index is 8.76. The minimum atomic E-state index is 0.710. The zero-order valence-electron chi connectivity index (χ0n) is 7.44. The number of nitrogens with one attached hydrogen (secondary N) is 1. The molecule has 0 bridgehead atoms. The molecule has 2 aliphatic rings. The van der Waals surface area contributed by atoms with Crippen molar-refractivity contribution >= 4 is 6.20 Å². The van der Waals surface area contributed by atoms with Gasteiger partial charge in [-0.25, -0.2) is 0 Å². The van der Waals surface area contributed by atoms with Gasteiger partial charge >= 0.3 is 0 Å². The number of fused-ring (bicyclic) bond motifs is 2. The van der Waals surface area contributed by atoms with Gasteiger partial charge in [-0.1, -0.05) is 0 Å². The minimum absolute atomic E-state index is 0.710. The smallest absolute Gasteiger partial charge is 0.127 e. The van der Waals surface area contributed by atoms with Gasteiger partial charge in [-0.05, 0) is 6.07 Å². The van der Waals surface area contributed by atoms with Crippen LogP contribution in [0.15, 0.2) is 30.5 Å². The van der Waals surface area contributed by atoms with Crippen molar-refractivity contribution in [3.05, 3.63) is 41.7 Å². The van der Waals surface area contributed by atoms with E-state index in [9.17, 15) is 0 Å². The molecule has 4 heteroatoms. The first-order valence-corrected chi connectivity index (χ1v) is 4.39. The lowest BCUT2D eigenvalue weighted by Gasteiger charge is -2.23. The number of nitriles is 1. The maximum Gasteiger partial charge on any atom is 0.127 e. The standard InChI is InChI=1S/C10H8N4/c11-4-8-3-9-6-13-2-1-12-10(13)7-14(9)5-8/h1-3,5,7,12H,6H2. The molecule has 2 aliphatic heterocycles. The Labute approximate surface area is 81.4 Å². The second-order valence-electron chi connectivity index (χ2n) is 3.34. The van der Waals surface area contributed by atoms with Crippen LogP contribution in [0.1, 0.15) is 11.3 Å². The number of nitrogens with zero attached hydrogens (tertiary/aromatic N) is 3. The van der Waals surface area contributed by atoms with Crippen molar-refractivity contribution in [3.8, 4) is 6.07 Å². The van der Waals surface area contributed by atoms with E-state index in [0.29, 0.717) is 5.56 Å². The highest BCUT2D eigenvalue weighted by molar-refractivity contribution is 5.44. The molecule has 0 unspecified atom stereocenters. The highest BCUT2D eigenvalue weighted by Crippen LogP contribution is 2.22. The Kier molecular flexibility index (Phi) is 1.26. The molecule has 4 nitrogen and oxygen atoms in total. The summed E-state index contributed by atoms with van der Waals surface area (Å²) in [4.78, 5) is 2.11. The summed E-state index contributed by atoms with van der Waals surface area (Å²) in [6.07, 6.45) is 7.73. The molecule has 14 heavy (non-hydrogen) atoms. The van der Waals surface area contributed by atoms with Crippen molar-refractivity contribution in [1.29, 1.82) is 5.26 Å². The summed E-state index contributed by atoms with van der Waals surface area (Å²) < 4.78 is 1.99.